The standard InChI is InChI=1S/C24H30N2O2/c1-3-23(28-22-13-11-20(2)12-14-22)24(27)26-18-16-25(17-19-26)15-7-10-21-8-5-4-6-9-21/h4-14,23H,3,15-19H2,1-2H3/p+1/b10-7+/t23-/m1/s1. The molecule has 0 bridgehead atoms. The monoisotopic (exact) mass is 379 g/mol. The van der Waals surface area contributed by atoms with Gasteiger partial charge in [-0.15, -0.1) is 0 Å². The zero-order valence-electron chi connectivity index (χ0n) is 16.9. The van der Waals surface area contributed by atoms with E-state index in [4.69, 9.17) is 4.74 Å². The molecule has 4 heteroatoms. The lowest BCUT2D eigenvalue weighted by Gasteiger charge is -2.33. The number of benzene rings is 2. The van der Waals surface area contributed by atoms with Gasteiger partial charge in [-0.05, 0) is 37.1 Å². The van der Waals surface area contributed by atoms with E-state index in [9.17, 15) is 4.79 Å². The minimum Gasteiger partial charge on any atom is -0.481 e. The number of aryl methyl sites for hydroxylation is 1. The van der Waals surface area contributed by atoms with Crippen molar-refractivity contribution in [3.8, 4) is 5.75 Å². The van der Waals surface area contributed by atoms with Crippen molar-refractivity contribution in [2.24, 2.45) is 0 Å². The molecule has 1 N–H and O–H groups in total. The molecule has 0 aromatic heterocycles. The Morgan fingerprint density at radius 2 is 1.79 bits per heavy atom. The fraction of sp³-hybridized carbons (Fsp3) is 0.375. The SMILES string of the molecule is CC[C@@H](Oc1ccc(C)cc1)C(=O)N1CC[NH+](C/C=C/c2ccccc2)CC1. The van der Waals surface area contributed by atoms with Crippen molar-refractivity contribution in [2.45, 2.75) is 26.4 Å². The summed E-state index contributed by atoms with van der Waals surface area (Å²) in [5.74, 6) is 0.878. The number of ether oxygens (including phenoxy) is 1. The molecule has 1 aliphatic rings. The Labute approximate surface area is 168 Å². The molecule has 1 aliphatic heterocycles. The lowest BCUT2D eigenvalue weighted by molar-refractivity contribution is -0.898. The fourth-order valence-electron chi connectivity index (χ4n) is 3.47. The first kappa shape index (κ1) is 20.2. The second-order valence-corrected chi connectivity index (χ2v) is 7.42. The van der Waals surface area contributed by atoms with Crippen LogP contribution in [0.5, 0.6) is 5.75 Å². The van der Waals surface area contributed by atoms with Gasteiger partial charge >= 0.3 is 0 Å². The highest BCUT2D eigenvalue weighted by Gasteiger charge is 2.29. The molecule has 0 unspecified atom stereocenters. The fourth-order valence-corrected chi connectivity index (χ4v) is 3.47. The summed E-state index contributed by atoms with van der Waals surface area (Å²) in [4.78, 5) is 16.4. The highest BCUT2D eigenvalue weighted by Crippen LogP contribution is 2.16. The van der Waals surface area contributed by atoms with Gasteiger partial charge in [-0.3, -0.25) is 4.79 Å². The predicted molar refractivity (Wildman–Crippen MR) is 114 cm³/mol. The normalized spacial score (nSPS) is 16.3. The van der Waals surface area contributed by atoms with Crippen LogP contribution < -0.4 is 9.64 Å². The Balaban J connectivity index is 1.47. The lowest BCUT2D eigenvalue weighted by Crippen LogP contribution is -3.14. The smallest absolute Gasteiger partial charge is 0.264 e. The summed E-state index contributed by atoms with van der Waals surface area (Å²) in [5.41, 5.74) is 2.42. The molecular weight excluding hydrogens is 348 g/mol. The van der Waals surface area contributed by atoms with Crippen molar-refractivity contribution in [3.63, 3.8) is 0 Å². The van der Waals surface area contributed by atoms with Crippen LogP contribution in [0.1, 0.15) is 24.5 Å². The largest absolute Gasteiger partial charge is 0.481 e. The molecule has 1 atom stereocenters. The van der Waals surface area contributed by atoms with Crippen LogP contribution in [0.4, 0.5) is 0 Å². The Bertz CT molecular complexity index is 763. The van der Waals surface area contributed by atoms with Crippen LogP contribution in [-0.2, 0) is 4.79 Å². The first-order valence-electron chi connectivity index (χ1n) is 10.2. The summed E-state index contributed by atoms with van der Waals surface area (Å²) in [6.07, 6.45) is 4.69. The summed E-state index contributed by atoms with van der Waals surface area (Å²) in [6.45, 7) is 8.59. The minimum absolute atomic E-state index is 0.113. The van der Waals surface area contributed by atoms with E-state index in [1.807, 2.05) is 49.1 Å². The maximum absolute atomic E-state index is 12.9. The first-order chi connectivity index (χ1) is 13.7. The Kier molecular flexibility index (Phi) is 7.26. The number of amides is 1. The lowest BCUT2D eigenvalue weighted by atomic mass is 10.2. The average molecular weight is 380 g/mol. The third-order valence-corrected chi connectivity index (χ3v) is 5.24. The van der Waals surface area contributed by atoms with E-state index in [1.165, 1.54) is 16.0 Å². The van der Waals surface area contributed by atoms with E-state index in [1.54, 1.807) is 0 Å². The minimum atomic E-state index is -0.401. The number of carbonyl (C=O) groups excluding carboxylic acids is 1. The van der Waals surface area contributed by atoms with Gasteiger partial charge in [0.2, 0.25) is 0 Å². The van der Waals surface area contributed by atoms with E-state index in [0.29, 0.717) is 6.42 Å². The van der Waals surface area contributed by atoms with Crippen molar-refractivity contribution in [1.29, 1.82) is 0 Å². The number of carbonyl (C=O) groups is 1. The van der Waals surface area contributed by atoms with E-state index >= 15 is 0 Å². The van der Waals surface area contributed by atoms with Gasteiger partial charge in [0.1, 0.15) is 5.75 Å². The number of rotatable bonds is 7. The Morgan fingerprint density at radius 3 is 2.43 bits per heavy atom. The zero-order valence-corrected chi connectivity index (χ0v) is 16.9. The van der Waals surface area contributed by atoms with E-state index in [-0.39, 0.29) is 5.91 Å². The molecule has 28 heavy (non-hydrogen) atoms. The summed E-state index contributed by atoms with van der Waals surface area (Å²) in [7, 11) is 0. The molecule has 4 nitrogen and oxygen atoms in total. The molecule has 2 aromatic rings. The molecule has 0 saturated carbocycles. The van der Waals surface area contributed by atoms with Crippen molar-refractivity contribution in [3.05, 3.63) is 71.8 Å². The highest BCUT2D eigenvalue weighted by atomic mass is 16.5. The second kappa shape index (κ2) is 10.1. The number of nitrogens with one attached hydrogen (secondary N) is 1. The van der Waals surface area contributed by atoms with Crippen LogP contribution in [0.2, 0.25) is 0 Å². The second-order valence-electron chi connectivity index (χ2n) is 7.42. The van der Waals surface area contributed by atoms with Gasteiger partial charge < -0.3 is 14.5 Å². The maximum Gasteiger partial charge on any atom is 0.264 e. The summed E-state index contributed by atoms with van der Waals surface area (Å²) in [5, 5.41) is 0. The Morgan fingerprint density at radius 1 is 1.11 bits per heavy atom. The van der Waals surface area contributed by atoms with Gasteiger partial charge in [-0.2, -0.15) is 0 Å². The van der Waals surface area contributed by atoms with Crippen molar-refractivity contribution >= 4 is 12.0 Å². The Hall–Kier alpha value is -2.59. The van der Waals surface area contributed by atoms with Gasteiger partial charge in [-0.1, -0.05) is 61.0 Å². The van der Waals surface area contributed by atoms with Gasteiger partial charge in [0.15, 0.2) is 6.10 Å². The van der Waals surface area contributed by atoms with E-state index in [2.05, 4.69) is 36.4 Å². The van der Waals surface area contributed by atoms with E-state index < -0.39 is 6.10 Å². The molecule has 1 saturated heterocycles. The van der Waals surface area contributed by atoms with Crippen LogP contribution >= 0.6 is 0 Å². The number of hydrogen-bond donors (Lipinski definition) is 1. The van der Waals surface area contributed by atoms with Gasteiger partial charge in [-0.25, -0.2) is 0 Å². The predicted octanol–water partition coefficient (Wildman–Crippen LogP) is 2.59. The van der Waals surface area contributed by atoms with Gasteiger partial charge in [0.25, 0.3) is 5.91 Å². The molecule has 1 fully saturated rings. The van der Waals surface area contributed by atoms with Crippen molar-refractivity contribution < 1.29 is 14.4 Å². The molecule has 0 aliphatic carbocycles. The topological polar surface area (TPSA) is 34.0 Å². The van der Waals surface area contributed by atoms with Gasteiger partial charge in [0.05, 0.1) is 32.7 Å². The first-order valence-corrected chi connectivity index (χ1v) is 10.2. The average Bonchev–Trinajstić information content (AvgIpc) is 2.74. The van der Waals surface area contributed by atoms with Crippen LogP contribution in [0.3, 0.4) is 0 Å². The molecule has 148 valence electrons. The maximum atomic E-state index is 12.9. The number of hydrogen-bond acceptors (Lipinski definition) is 2. The van der Waals surface area contributed by atoms with Crippen molar-refractivity contribution in [2.75, 3.05) is 32.7 Å². The number of piperazine rings is 1. The summed E-state index contributed by atoms with van der Waals surface area (Å²) >= 11 is 0. The quantitative estimate of drug-likeness (QED) is 0.802. The molecule has 1 heterocycles. The van der Waals surface area contributed by atoms with E-state index in [0.717, 1.165) is 38.5 Å². The molecule has 2 aromatic carbocycles. The summed E-state index contributed by atoms with van der Waals surface area (Å²) in [6, 6.07) is 18.3. The van der Waals surface area contributed by atoms with Crippen LogP contribution in [0, 0.1) is 6.92 Å². The number of nitrogens with zero attached hydrogens (tertiary/aromatic N) is 1. The highest BCUT2D eigenvalue weighted by molar-refractivity contribution is 5.81. The summed E-state index contributed by atoms with van der Waals surface area (Å²) < 4.78 is 5.97. The van der Waals surface area contributed by atoms with Crippen molar-refractivity contribution in [1.82, 2.24) is 4.90 Å². The van der Waals surface area contributed by atoms with Crippen LogP contribution in [-0.4, -0.2) is 49.6 Å². The third kappa shape index (κ3) is 5.70. The molecule has 1 amide bonds. The molecule has 0 radical (unpaired) electrons. The molecule has 3 rings (SSSR count). The zero-order chi connectivity index (χ0) is 19.8. The number of quaternary nitrogens is 1. The van der Waals surface area contributed by atoms with Crippen LogP contribution in [0.25, 0.3) is 6.08 Å². The molecular formula is C24H31N2O2+. The third-order valence-electron chi connectivity index (χ3n) is 5.24. The van der Waals surface area contributed by atoms with Crippen LogP contribution in [0.15, 0.2) is 60.7 Å². The molecule has 0 spiro atoms. The van der Waals surface area contributed by atoms with Gasteiger partial charge in [0, 0.05) is 0 Å².